The third-order valence-electron chi connectivity index (χ3n) is 6.07. The Morgan fingerprint density at radius 2 is 2.00 bits per heavy atom. The zero-order valence-corrected chi connectivity index (χ0v) is 17.0. The van der Waals surface area contributed by atoms with Gasteiger partial charge in [-0.1, -0.05) is 35.9 Å². The van der Waals surface area contributed by atoms with Gasteiger partial charge >= 0.3 is 0 Å². The van der Waals surface area contributed by atoms with E-state index in [-0.39, 0.29) is 5.60 Å². The molecule has 1 saturated heterocycles. The molecular weight excluding hydrogens is 364 g/mol. The molecule has 0 bridgehead atoms. The molecule has 29 heavy (non-hydrogen) atoms. The molecule has 6 heteroatoms. The zero-order valence-electron chi connectivity index (χ0n) is 17.0. The van der Waals surface area contributed by atoms with Gasteiger partial charge in [-0.25, -0.2) is 9.97 Å². The van der Waals surface area contributed by atoms with E-state index in [0.29, 0.717) is 12.5 Å². The van der Waals surface area contributed by atoms with E-state index in [1.807, 2.05) is 12.3 Å². The summed E-state index contributed by atoms with van der Waals surface area (Å²) in [5.41, 5.74) is 4.61. The van der Waals surface area contributed by atoms with Crippen molar-refractivity contribution in [1.82, 2.24) is 19.4 Å². The van der Waals surface area contributed by atoms with Crippen LogP contribution < -0.4 is 4.74 Å². The van der Waals surface area contributed by atoms with Gasteiger partial charge in [0.25, 0.3) is 0 Å². The van der Waals surface area contributed by atoms with Gasteiger partial charge in [-0.05, 0) is 25.0 Å². The van der Waals surface area contributed by atoms with Gasteiger partial charge in [0.1, 0.15) is 18.0 Å². The molecule has 0 radical (unpaired) electrons. The van der Waals surface area contributed by atoms with Crippen LogP contribution in [0.15, 0.2) is 48.8 Å². The molecule has 0 aliphatic carbocycles. The molecule has 3 aromatic rings. The molecule has 4 heterocycles. The molecule has 5 rings (SSSR count). The van der Waals surface area contributed by atoms with Gasteiger partial charge in [-0.3, -0.25) is 4.90 Å². The van der Waals surface area contributed by atoms with E-state index < -0.39 is 0 Å². The van der Waals surface area contributed by atoms with E-state index in [2.05, 4.69) is 56.7 Å². The van der Waals surface area contributed by atoms with Crippen molar-refractivity contribution in [2.45, 2.75) is 38.6 Å². The standard InChI is InChI=1S/C23H26N4O2/c1-17-5-7-18(8-6-17)20-12-25-21-14-29-23(16-27(20)21)9-11-26(15-23)13-19-4-3-10-24-22(19)28-2/h3-8,10,12H,9,11,13-16H2,1-2H3/t23-/m1/s1. The van der Waals surface area contributed by atoms with Crippen molar-refractivity contribution in [3.8, 4) is 17.1 Å². The molecule has 6 nitrogen and oxygen atoms in total. The Hall–Kier alpha value is -2.70. The molecule has 1 fully saturated rings. The molecular formula is C23H26N4O2. The van der Waals surface area contributed by atoms with E-state index in [4.69, 9.17) is 9.47 Å². The minimum atomic E-state index is -0.164. The predicted octanol–water partition coefficient (Wildman–Crippen LogP) is 3.44. The molecule has 2 aliphatic rings. The lowest BCUT2D eigenvalue weighted by molar-refractivity contribution is -0.0821. The number of methoxy groups -OCH3 is 1. The maximum atomic E-state index is 6.37. The fourth-order valence-corrected chi connectivity index (χ4v) is 4.49. The lowest BCUT2D eigenvalue weighted by atomic mass is 10.0. The van der Waals surface area contributed by atoms with Crippen molar-refractivity contribution in [1.29, 1.82) is 0 Å². The fraction of sp³-hybridized carbons (Fsp3) is 0.391. The molecule has 1 spiro atoms. The Morgan fingerprint density at radius 3 is 2.83 bits per heavy atom. The van der Waals surface area contributed by atoms with E-state index >= 15 is 0 Å². The molecule has 0 unspecified atom stereocenters. The van der Waals surface area contributed by atoms with Crippen LogP contribution >= 0.6 is 0 Å². The van der Waals surface area contributed by atoms with Gasteiger partial charge in [0.05, 0.1) is 25.5 Å². The van der Waals surface area contributed by atoms with Crippen molar-refractivity contribution >= 4 is 0 Å². The number of imidazole rings is 1. The number of nitrogens with zero attached hydrogens (tertiary/aromatic N) is 4. The summed E-state index contributed by atoms with van der Waals surface area (Å²) in [6, 6.07) is 12.7. The zero-order chi connectivity index (χ0) is 19.8. The summed E-state index contributed by atoms with van der Waals surface area (Å²) in [6.07, 6.45) is 4.77. The van der Waals surface area contributed by atoms with Crippen LogP contribution in [0, 0.1) is 6.92 Å². The molecule has 1 atom stereocenters. The summed E-state index contributed by atoms with van der Waals surface area (Å²) in [5.74, 6) is 1.72. The van der Waals surface area contributed by atoms with Crippen LogP contribution in [0.5, 0.6) is 5.88 Å². The molecule has 1 aromatic carbocycles. The first kappa shape index (κ1) is 18.3. The average Bonchev–Trinajstić information content (AvgIpc) is 3.33. The first-order chi connectivity index (χ1) is 14.2. The second-order valence-electron chi connectivity index (χ2n) is 8.12. The SMILES string of the molecule is COc1ncccc1CN1CC[C@@]2(C1)Cn1c(-c3ccc(C)cc3)cnc1CO2. The summed E-state index contributed by atoms with van der Waals surface area (Å²) < 4.78 is 14.1. The smallest absolute Gasteiger partial charge is 0.217 e. The number of pyridine rings is 1. The van der Waals surface area contributed by atoms with Crippen LogP contribution in [-0.4, -0.2) is 45.2 Å². The first-order valence-electron chi connectivity index (χ1n) is 10.1. The topological polar surface area (TPSA) is 52.4 Å². The van der Waals surface area contributed by atoms with Crippen molar-refractivity contribution in [3.63, 3.8) is 0 Å². The van der Waals surface area contributed by atoms with Crippen LogP contribution in [0.3, 0.4) is 0 Å². The van der Waals surface area contributed by atoms with Crippen LogP contribution in [0.4, 0.5) is 0 Å². The lowest BCUT2D eigenvalue weighted by Crippen LogP contribution is -2.44. The highest BCUT2D eigenvalue weighted by molar-refractivity contribution is 5.60. The van der Waals surface area contributed by atoms with E-state index in [9.17, 15) is 0 Å². The van der Waals surface area contributed by atoms with Crippen molar-refractivity contribution in [3.05, 3.63) is 65.7 Å². The Bertz CT molecular complexity index is 1010. The minimum absolute atomic E-state index is 0.164. The van der Waals surface area contributed by atoms with Crippen LogP contribution in [-0.2, 0) is 24.4 Å². The van der Waals surface area contributed by atoms with Crippen molar-refractivity contribution < 1.29 is 9.47 Å². The quantitative estimate of drug-likeness (QED) is 0.683. The van der Waals surface area contributed by atoms with Crippen LogP contribution in [0.2, 0.25) is 0 Å². The van der Waals surface area contributed by atoms with Crippen molar-refractivity contribution in [2.24, 2.45) is 0 Å². The largest absolute Gasteiger partial charge is 0.481 e. The molecule has 2 aliphatic heterocycles. The maximum absolute atomic E-state index is 6.37. The summed E-state index contributed by atoms with van der Waals surface area (Å²) in [5, 5.41) is 0. The molecule has 2 aromatic heterocycles. The second kappa shape index (κ2) is 7.28. The Balaban J connectivity index is 1.35. The van der Waals surface area contributed by atoms with Crippen LogP contribution in [0.1, 0.15) is 23.4 Å². The third kappa shape index (κ3) is 3.43. The normalized spacial score (nSPS) is 21.4. The van der Waals surface area contributed by atoms with E-state index in [1.165, 1.54) is 16.8 Å². The summed E-state index contributed by atoms with van der Waals surface area (Å²) >= 11 is 0. The summed E-state index contributed by atoms with van der Waals surface area (Å²) in [4.78, 5) is 11.4. The van der Waals surface area contributed by atoms with Gasteiger partial charge in [0.15, 0.2) is 0 Å². The number of hydrogen-bond acceptors (Lipinski definition) is 5. The fourth-order valence-electron chi connectivity index (χ4n) is 4.49. The third-order valence-corrected chi connectivity index (χ3v) is 6.07. The summed E-state index contributed by atoms with van der Waals surface area (Å²) in [6.45, 7) is 6.24. The number of ether oxygens (including phenoxy) is 2. The number of aromatic nitrogens is 3. The Labute approximate surface area is 171 Å². The highest BCUT2D eigenvalue weighted by Crippen LogP contribution is 2.36. The monoisotopic (exact) mass is 390 g/mol. The number of aryl methyl sites for hydroxylation is 1. The van der Waals surface area contributed by atoms with E-state index in [0.717, 1.165) is 44.0 Å². The highest BCUT2D eigenvalue weighted by atomic mass is 16.5. The van der Waals surface area contributed by atoms with Gasteiger partial charge in [0, 0.05) is 31.4 Å². The number of likely N-dealkylation sites (tertiary alicyclic amines) is 1. The molecule has 0 amide bonds. The first-order valence-corrected chi connectivity index (χ1v) is 10.1. The van der Waals surface area contributed by atoms with Crippen molar-refractivity contribution in [2.75, 3.05) is 20.2 Å². The average molecular weight is 390 g/mol. The van der Waals surface area contributed by atoms with E-state index in [1.54, 1.807) is 13.3 Å². The minimum Gasteiger partial charge on any atom is -0.481 e. The number of hydrogen-bond donors (Lipinski definition) is 0. The van der Waals surface area contributed by atoms with Gasteiger partial charge in [-0.15, -0.1) is 0 Å². The molecule has 150 valence electrons. The number of fused-ring (bicyclic) bond motifs is 1. The molecule has 0 N–H and O–H groups in total. The Morgan fingerprint density at radius 1 is 1.14 bits per heavy atom. The maximum Gasteiger partial charge on any atom is 0.217 e. The van der Waals surface area contributed by atoms with Gasteiger partial charge in [0.2, 0.25) is 5.88 Å². The van der Waals surface area contributed by atoms with Gasteiger partial charge in [-0.2, -0.15) is 0 Å². The second-order valence-corrected chi connectivity index (χ2v) is 8.12. The number of rotatable bonds is 4. The van der Waals surface area contributed by atoms with Gasteiger partial charge < -0.3 is 14.0 Å². The Kier molecular flexibility index (Phi) is 4.60. The predicted molar refractivity (Wildman–Crippen MR) is 111 cm³/mol. The lowest BCUT2D eigenvalue weighted by Gasteiger charge is -2.35. The number of benzene rings is 1. The van der Waals surface area contributed by atoms with Crippen LogP contribution in [0.25, 0.3) is 11.3 Å². The molecule has 0 saturated carbocycles. The highest BCUT2D eigenvalue weighted by Gasteiger charge is 2.43. The summed E-state index contributed by atoms with van der Waals surface area (Å²) in [7, 11) is 1.68.